The van der Waals surface area contributed by atoms with Crippen molar-refractivity contribution in [3.05, 3.63) is 24.0 Å². The predicted molar refractivity (Wildman–Crippen MR) is 48.0 cm³/mol. The number of Topliss-reactive ketones (excluding diaryl/α,β-unsaturated/α-hetero) is 1. The summed E-state index contributed by atoms with van der Waals surface area (Å²) in [7, 11) is 0. The van der Waals surface area contributed by atoms with Crippen molar-refractivity contribution in [2.75, 3.05) is 6.54 Å². The monoisotopic (exact) mass is 166 g/mol. The lowest BCUT2D eigenvalue weighted by atomic mass is 9.87. The van der Waals surface area contributed by atoms with Crippen molar-refractivity contribution in [3.8, 4) is 0 Å². The van der Waals surface area contributed by atoms with Gasteiger partial charge in [-0.2, -0.15) is 0 Å². The van der Waals surface area contributed by atoms with Crippen LogP contribution in [0.1, 0.15) is 24.3 Å². The molecule has 3 heteroatoms. The highest BCUT2D eigenvalue weighted by Crippen LogP contribution is 2.18. The van der Waals surface area contributed by atoms with Gasteiger partial charge in [0.1, 0.15) is 0 Å². The second kappa shape index (κ2) is 3.11. The Balaban J connectivity index is 2.86. The third-order valence-electron chi connectivity index (χ3n) is 1.97. The second-order valence-corrected chi connectivity index (χ2v) is 3.50. The smallest absolute Gasteiger partial charge is 0.185 e. The Kier molecular flexibility index (Phi) is 2.33. The molecule has 3 N–H and O–H groups in total. The van der Waals surface area contributed by atoms with Crippen LogP contribution in [0.15, 0.2) is 18.3 Å². The fraction of sp³-hybridized carbons (Fsp3) is 0.444. The summed E-state index contributed by atoms with van der Waals surface area (Å²) >= 11 is 0. The molecule has 0 saturated heterocycles. The Hall–Kier alpha value is -1.09. The number of carbonyl (C=O) groups excluding carboxylic acids is 1. The van der Waals surface area contributed by atoms with E-state index in [0.717, 1.165) is 0 Å². The van der Waals surface area contributed by atoms with Gasteiger partial charge in [0.15, 0.2) is 5.78 Å². The third kappa shape index (κ3) is 1.56. The Labute approximate surface area is 72.0 Å². The predicted octanol–water partition coefficient (Wildman–Crippen LogP) is 1.18. The summed E-state index contributed by atoms with van der Waals surface area (Å²) < 4.78 is 0. The van der Waals surface area contributed by atoms with Gasteiger partial charge in [-0.3, -0.25) is 4.79 Å². The minimum Gasteiger partial charge on any atom is -0.359 e. The van der Waals surface area contributed by atoms with Gasteiger partial charge in [-0.25, -0.2) is 0 Å². The first kappa shape index (κ1) is 9.00. The van der Waals surface area contributed by atoms with Gasteiger partial charge in [-0.05, 0) is 12.1 Å². The Morgan fingerprint density at radius 3 is 2.75 bits per heavy atom. The van der Waals surface area contributed by atoms with Gasteiger partial charge in [0.25, 0.3) is 0 Å². The Morgan fingerprint density at radius 2 is 2.33 bits per heavy atom. The van der Waals surface area contributed by atoms with E-state index in [1.165, 1.54) is 0 Å². The summed E-state index contributed by atoms with van der Waals surface area (Å²) in [6.45, 7) is 4.05. The lowest BCUT2D eigenvalue weighted by Crippen LogP contribution is -2.32. The number of hydrogen-bond donors (Lipinski definition) is 2. The average molecular weight is 166 g/mol. The fourth-order valence-corrected chi connectivity index (χ4v) is 0.929. The van der Waals surface area contributed by atoms with Gasteiger partial charge in [-0.1, -0.05) is 13.8 Å². The van der Waals surface area contributed by atoms with Crippen LogP contribution in [0.3, 0.4) is 0 Å². The number of nitrogens with two attached hydrogens (primary N) is 1. The number of ketones is 1. The lowest BCUT2D eigenvalue weighted by Gasteiger charge is -2.19. The molecule has 0 aliphatic heterocycles. The standard InChI is InChI=1S/C9H14N2O/c1-9(2,6-10)8(12)7-4-3-5-11-7/h3-5,11H,6,10H2,1-2H3. The van der Waals surface area contributed by atoms with E-state index in [0.29, 0.717) is 12.2 Å². The number of carbonyl (C=O) groups is 1. The molecule has 1 aromatic heterocycles. The van der Waals surface area contributed by atoms with Crippen LogP contribution in [-0.2, 0) is 0 Å². The zero-order valence-corrected chi connectivity index (χ0v) is 7.42. The van der Waals surface area contributed by atoms with E-state index in [9.17, 15) is 4.79 Å². The quantitative estimate of drug-likeness (QED) is 0.662. The first-order valence-electron chi connectivity index (χ1n) is 3.96. The van der Waals surface area contributed by atoms with E-state index in [4.69, 9.17) is 5.73 Å². The molecule has 0 bridgehead atoms. The van der Waals surface area contributed by atoms with Crippen LogP contribution in [-0.4, -0.2) is 17.3 Å². The first-order valence-corrected chi connectivity index (χ1v) is 3.96. The highest BCUT2D eigenvalue weighted by Gasteiger charge is 2.27. The summed E-state index contributed by atoms with van der Waals surface area (Å²) in [4.78, 5) is 14.5. The molecule has 0 fully saturated rings. The van der Waals surface area contributed by atoms with Gasteiger partial charge in [-0.15, -0.1) is 0 Å². The normalized spacial score (nSPS) is 11.6. The largest absolute Gasteiger partial charge is 0.359 e. The first-order chi connectivity index (χ1) is 5.58. The molecule has 0 saturated carbocycles. The molecule has 3 nitrogen and oxygen atoms in total. The van der Waals surface area contributed by atoms with Crippen LogP contribution in [0.5, 0.6) is 0 Å². The Bertz CT molecular complexity index is 262. The van der Waals surface area contributed by atoms with Crippen molar-refractivity contribution in [2.24, 2.45) is 11.1 Å². The number of rotatable bonds is 3. The van der Waals surface area contributed by atoms with Crippen molar-refractivity contribution in [2.45, 2.75) is 13.8 Å². The third-order valence-corrected chi connectivity index (χ3v) is 1.97. The van der Waals surface area contributed by atoms with Crippen molar-refractivity contribution in [1.82, 2.24) is 4.98 Å². The van der Waals surface area contributed by atoms with Crippen LogP contribution in [0, 0.1) is 5.41 Å². The van der Waals surface area contributed by atoms with E-state index in [1.54, 1.807) is 18.3 Å². The maximum atomic E-state index is 11.6. The molecule has 66 valence electrons. The molecule has 1 rings (SSSR count). The minimum absolute atomic E-state index is 0.0648. The van der Waals surface area contributed by atoms with E-state index in [-0.39, 0.29) is 5.78 Å². The fourth-order valence-electron chi connectivity index (χ4n) is 0.929. The highest BCUT2D eigenvalue weighted by atomic mass is 16.1. The maximum Gasteiger partial charge on any atom is 0.185 e. The molecule has 12 heavy (non-hydrogen) atoms. The lowest BCUT2D eigenvalue weighted by molar-refractivity contribution is 0.0843. The van der Waals surface area contributed by atoms with Gasteiger partial charge < -0.3 is 10.7 Å². The molecule has 0 atom stereocenters. The van der Waals surface area contributed by atoms with Gasteiger partial charge in [0.2, 0.25) is 0 Å². The van der Waals surface area contributed by atoms with Crippen molar-refractivity contribution >= 4 is 5.78 Å². The van der Waals surface area contributed by atoms with E-state index >= 15 is 0 Å². The second-order valence-electron chi connectivity index (χ2n) is 3.50. The summed E-state index contributed by atoms with van der Waals surface area (Å²) in [5.41, 5.74) is 5.64. The SMILES string of the molecule is CC(C)(CN)C(=O)c1ccc[nH]1. The zero-order chi connectivity index (χ0) is 9.19. The summed E-state index contributed by atoms with van der Waals surface area (Å²) in [6.07, 6.45) is 1.74. The molecule has 0 spiro atoms. The summed E-state index contributed by atoms with van der Waals surface area (Å²) in [6, 6.07) is 3.57. The van der Waals surface area contributed by atoms with Crippen molar-refractivity contribution < 1.29 is 4.79 Å². The topological polar surface area (TPSA) is 58.9 Å². The summed E-state index contributed by atoms with van der Waals surface area (Å²) in [5.74, 6) is 0.0648. The van der Waals surface area contributed by atoms with Crippen LogP contribution in [0.25, 0.3) is 0 Å². The number of H-pyrrole nitrogens is 1. The molecule has 1 heterocycles. The number of nitrogens with one attached hydrogen (secondary N) is 1. The van der Waals surface area contributed by atoms with Gasteiger partial charge >= 0.3 is 0 Å². The van der Waals surface area contributed by atoms with Crippen molar-refractivity contribution in [3.63, 3.8) is 0 Å². The maximum absolute atomic E-state index is 11.6. The van der Waals surface area contributed by atoms with Gasteiger partial charge in [0.05, 0.1) is 5.69 Å². The summed E-state index contributed by atoms with van der Waals surface area (Å²) in [5, 5.41) is 0. The molecule has 0 unspecified atom stereocenters. The molecular weight excluding hydrogens is 152 g/mol. The molecule has 0 aromatic carbocycles. The van der Waals surface area contributed by atoms with Crippen molar-refractivity contribution in [1.29, 1.82) is 0 Å². The average Bonchev–Trinajstić information content (AvgIpc) is 2.55. The van der Waals surface area contributed by atoms with Gasteiger partial charge in [0, 0.05) is 18.2 Å². The number of aromatic amines is 1. The number of hydrogen-bond acceptors (Lipinski definition) is 2. The molecule has 0 radical (unpaired) electrons. The van der Waals surface area contributed by atoms with Crippen LogP contribution in [0.4, 0.5) is 0 Å². The highest BCUT2D eigenvalue weighted by molar-refractivity contribution is 5.98. The van der Waals surface area contributed by atoms with Crippen LogP contribution in [0.2, 0.25) is 0 Å². The number of aromatic nitrogens is 1. The molecule has 0 amide bonds. The zero-order valence-electron chi connectivity index (χ0n) is 7.42. The van der Waals surface area contributed by atoms with Crippen LogP contribution >= 0.6 is 0 Å². The minimum atomic E-state index is -0.467. The molecular formula is C9H14N2O. The molecule has 0 aliphatic carbocycles. The van der Waals surface area contributed by atoms with E-state index in [1.807, 2.05) is 13.8 Å². The molecule has 1 aromatic rings. The van der Waals surface area contributed by atoms with E-state index < -0.39 is 5.41 Å². The van der Waals surface area contributed by atoms with Crippen LogP contribution < -0.4 is 5.73 Å². The van der Waals surface area contributed by atoms with E-state index in [2.05, 4.69) is 4.98 Å². The molecule has 0 aliphatic rings. The Morgan fingerprint density at radius 1 is 1.67 bits per heavy atom.